The molecule has 0 radical (unpaired) electrons. The lowest BCUT2D eigenvalue weighted by atomic mass is 9.96. The number of hydrogen-bond donors (Lipinski definition) is 2. The molecule has 5 heteroatoms. The number of hydrogen-bond acceptors (Lipinski definition) is 3. The highest BCUT2D eigenvalue weighted by atomic mass is 16.5. The first-order chi connectivity index (χ1) is 12.8. The van der Waals surface area contributed by atoms with Gasteiger partial charge in [-0.15, -0.1) is 0 Å². The van der Waals surface area contributed by atoms with E-state index in [0.717, 1.165) is 22.4 Å². The molecule has 27 heavy (non-hydrogen) atoms. The van der Waals surface area contributed by atoms with Gasteiger partial charge < -0.3 is 15.4 Å². The van der Waals surface area contributed by atoms with Crippen molar-refractivity contribution in [2.24, 2.45) is 5.92 Å². The van der Waals surface area contributed by atoms with Gasteiger partial charge in [0.2, 0.25) is 5.91 Å². The standard InChI is InChI=1S/C22H28N2O3/c1-14(2)21(17-6-8-19(27-5)9-7-17)24-20(25)13-23-22(26)18-11-15(3)10-16(4)12-18/h6-12,14,21H,13H2,1-5H3,(H,23,26)(H,24,25). The molecule has 0 spiro atoms. The average Bonchev–Trinajstić information content (AvgIpc) is 2.63. The summed E-state index contributed by atoms with van der Waals surface area (Å²) in [5, 5.41) is 5.70. The summed E-state index contributed by atoms with van der Waals surface area (Å²) in [4.78, 5) is 24.7. The summed E-state index contributed by atoms with van der Waals surface area (Å²) < 4.78 is 5.18. The van der Waals surface area contributed by atoms with Gasteiger partial charge in [0.1, 0.15) is 5.75 Å². The third kappa shape index (κ3) is 5.84. The molecule has 0 aliphatic carbocycles. The van der Waals surface area contributed by atoms with Gasteiger partial charge in [0.15, 0.2) is 0 Å². The smallest absolute Gasteiger partial charge is 0.251 e. The highest BCUT2D eigenvalue weighted by molar-refractivity contribution is 5.96. The largest absolute Gasteiger partial charge is 0.497 e. The highest BCUT2D eigenvalue weighted by Crippen LogP contribution is 2.23. The van der Waals surface area contributed by atoms with Gasteiger partial charge in [-0.25, -0.2) is 0 Å². The van der Waals surface area contributed by atoms with Crippen molar-refractivity contribution in [2.45, 2.75) is 33.7 Å². The summed E-state index contributed by atoms with van der Waals surface area (Å²) in [5.74, 6) is 0.510. The van der Waals surface area contributed by atoms with Crippen LogP contribution in [0.5, 0.6) is 5.75 Å². The highest BCUT2D eigenvalue weighted by Gasteiger charge is 2.19. The Labute approximate surface area is 161 Å². The number of methoxy groups -OCH3 is 1. The fraction of sp³-hybridized carbons (Fsp3) is 0.364. The molecule has 0 aromatic heterocycles. The van der Waals surface area contributed by atoms with Gasteiger partial charge >= 0.3 is 0 Å². The lowest BCUT2D eigenvalue weighted by molar-refractivity contribution is -0.121. The fourth-order valence-electron chi connectivity index (χ4n) is 3.04. The van der Waals surface area contributed by atoms with Gasteiger partial charge in [0, 0.05) is 5.56 Å². The monoisotopic (exact) mass is 368 g/mol. The van der Waals surface area contributed by atoms with Crippen molar-refractivity contribution in [3.05, 3.63) is 64.7 Å². The van der Waals surface area contributed by atoms with E-state index in [0.29, 0.717) is 5.56 Å². The molecule has 2 amide bonds. The Kier molecular flexibility index (Phi) is 6.99. The Morgan fingerprint density at radius 1 is 1.00 bits per heavy atom. The summed E-state index contributed by atoms with van der Waals surface area (Å²) in [7, 11) is 1.62. The molecule has 0 saturated heterocycles. The number of aryl methyl sites for hydroxylation is 2. The van der Waals surface area contributed by atoms with Crippen LogP contribution in [0.4, 0.5) is 0 Å². The maximum atomic E-state index is 12.4. The van der Waals surface area contributed by atoms with Crippen LogP contribution < -0.4 is 15.4 Å². The maximum absolute atomic E-state index is 12.4. The van der Waals surface area contributed by atoms with Gasteiger partial charge in [-0.1, -0.05) is 43.2 Å². The zero-order valence-electron chi connectivity index (χ0n) is 16.6. The van der Waals surface area contributed by atoms with Gasteiger partial charge in [0.05, 0.1) is 19.7 Å². The number of carbonyl (C=O) groups excluding carboxylic acids is 2. The molecule has 2 rings (SSSR count). The number of nitrogens with one attached hydrogen (secondary N) is 2. The van der Waals surface area contributed by atoms with E-state index in [1.54, 1.807) is 7.11 Å². The Morgan fingerprint density at radius 2 is 1.59 bits per heavy atom. The third-order valence-electron chi connectivity index (χ3n) is 4.35. The summed E-state index contributed by atoms with van der Waals surface area (Å²) in [6.07, 6.45) is 0. The lowest BCUT2D eigenvalue weighted by Gasteiger charge is -2.23. The zero-order valence-corrected chi connectivity index (χ0v) is 16.6. The Hall–Kier alpha value is -2.82. The van der Waals surface area contributed by atoms with Gasteiger partial charge in [0.25, 0.3) is 5.91 Å². The second-order valence-electron chi connectivity index (χ2n) is 7.12. The molecule has 0 aliphatic heterocycles. The van der Waals surface area contributed by atoms with Crippen LogP contribution in [0.3, 0.4) is 0 Å². The topological polar surface area (TPSA) is 67.4 Å². The molecule has 1 atom stereocenters. The second-order valence-corrected chi connectivity index (χ2v) is 7.12. The maximum Gasteiger partial charge on any atom is 0.251 e. The van der Waals surface area contributed by atoms with Gasteiger partial charge in [-0.3, -0.25) is 9.59 Å². The lowest BCUT2D eigenvalue weighted by Crippen LogP contribution is -2.40. The quantitative estimate of drug-likeness (QED) is 0.785. The number of amides is 2. The van der Waals surface area contributed by atoms with Crippen LogP contribution in [0.2, 0.25) is 0 Å². The molecule has 1 unspecified atom stereocenters. The van der Waals surface area contributed by atoms with Crippen LogP contribution in [0, 0.1) is 19.8 Å². The van der Waals surface area contributed by atoms with Gasteiger partial charge in [-0.2, -0.15) is 0 Å². The van der Waals surface area contributed by atoms with Crippen LogP contribution in [0.15, 0.2) is 42.5 Å². The Bertz CT molecular complexity index is 777. The Morgan fingerprint density at radius 3 is 2.11 bits per heavy atom. The molecular formula is C22H28N2O3. The van der Waals surface area contributed by atoms with Crippen LogP contribution in [-0.2, 0) is 4.79 Å². The third-order valence-corrected chi connectivity index (χ3v) is 4.35. The van der Waals surface area contributed by atoms with Crippen LogP contribution in [-0.4, -0.2) is 25.5 Å². The summed E-state index contributed by atoms with van der Waals surface area (Å²) in [5.41, 5.74) is 3.60. The minimum atomic E-state index is -0.248. The predicted octanol–water partition coefficient (Wildman–Crippen LogP) is 3.56. The molecule has 144 valence electrons. The number of rotatable bonds is 7. The van der Waals surface area contributed by atoms with E-state index in [9.17, 15) is 9.59 Å². The fourth-order valence-corrected chi connectivity index (χ4v) is 3.04. The molecule has 0 saturated carbocycles. The first kappa shape index (κ1) is 20.5. The number of carbonyl (C=O) groups is 2. The molecule has 5 nitrogen and oxygen atoms in total. The van der Waals surface area contributed by atoms with Crippen molar-refractivity contribution in [3.8, 4) is 5.75 Å². The van der Waals surface area contributed by atoms with Crippen molar-refractivity contribution in [1.29, 1.82) is 0 Å². The second kappa shape index (κ2) is 9.21. The van der Waals surface area contributed by atoms with Crippen molar-refractivity contribution in [2.75, 3.05) is 13.7 Å². The first-order valence-electron chi connectivity index (χ1n) is 9.10. The van der Waals surface area contributed by atoms with Crippen LogP contribution in [0.25, 0.3) is 0 Å². The molecule has 2 aromatic carbocycles. The SMILES string of the molecule is COc1ccc(C(NC(=O)CNC(=O)c2cc(C)cc(C)c2)C(C)C)cc1. The summed E-state index contributed by atoms with van der Waals surface area (Å²) in [6.45, 7) is 7.91. The minimum absolute atomic E-state index is 0.0643. The number of ether oxygens (including phenoxy) is 1. The average molecular weight is 368 g/mol. The van der Waals surface area contributed by atoms with Crippen LogP contribution >= 0.6 is 0 Å². The minimum Gasteiger partial charge on any atom is -0.497 e. The van der Waals surface area contributed by atoms with E-state index in [1.165, 1.54) is 0 Å². The van der Waals surface area contributed by atoms with Crippen molar-refractivity contribution in [3.63, 3.8) is 0 Å². The molecule has 0 fully saturated rings. The van der Waals surface area contributed by atoms with Gasteiger partial charge in [-0.05, 0) is 49.6 Å². The van der Waals surface area contributed by atoms with E-state index < -0.39 is 0 Å². The number of benzene rings is 2. The molecule has 0 heterocycles. The first-order valence-corrected chi connectivity index (χ1v) is 9.10. The molecule has 0 aliphatic rings. The summed E-state index contributed by atoms with van der Waals surface area (Å²) in [6, 6.07) is 13.1. The zero-order chi connectivity index (χ0) is 20.0. The molecule has 0 bridgehead atoms. The normalized spacial score (nSPS) is 11.8. The van der Waals surface area contributed by atoms with E-state index in [4.69, 9.17) is 4.74 Å². The van der Waals surface area contributed by atoms with Crippen molar-refractivity contribution in [1.82, 2.24) is 10.6 Å². The van der Waals surface area contributed by atoms with Crippen molar-refractivity contribution >= 4 is 11.8 Å². The van der Waals surface area contributed by atoms with Crippen LogP contribution in [0.1, 0.15) is 46.9 Å². The molecule has 2 N–H and O–H groups in total. The van der Waals surface area contributed by atoms with E-state index in [1.807, 2.05) is 70.2 Å². The Balaban J connectivity index is 1.98. The van der Waals surface area contributed by atoms with E-state index >= 15 is 0 Å². The van der Waals surface area contributed by atoms with E-state index in [-0.39, 0.29) is 30.3 Å². The van der Waals surface area contributed by atoms with Crippen molar-refractivity contribution < 1.29 is 14.3 Å². The predicted molar refractivity (Wildman–Crippen MR) is 107 cm³/mol. The molecular weight excluding hydrogens is 340 g/mol. The van der Waals surface area contributed by atoms with E-state index in [2.05, 4.69) is 10.6 Å². The molecule has 2 aromatic rings. The summed E-state index contributed by atoms with van der Waals surface area (Å²) >= 11 is 0.